The summed E-state index contributed by atoms with van der Waals surface area (Å²) in [6, 6.07) is 4.91. The molecule has 0 unspecified atom stereocenters. The van der Waals surface area contributed by atoms with Gasteiger partial charge in [0.25, 0.3) is 10.2 Å². The second-order valence-electron chi connectivity index (χ2n) is 4.49. The molecule has 0 bridgehead atoms. The van der Waals surface area contributed by atoms with Crippen molar-refractivity contribution in [2.24, 2.45) is 0 Å². The second kappa shape index (κ2) is 6.69. The van der Waals surface area contributed by atoms with E-state index < -0.39 is 26.0 Å². The molecule has 7 nitrogen and oxygen atoms in total. The van der Waals surface area contributed by atoms with Crippen molar-refractivity contribution in [1.82, 2.24) is 9.03 Å². The first-order valence-electron chi connectivity index (χ1n) is 5.94. The highest BCUT2D eigenvalue weighted by atomic mass is 32.2. The topological polar surface area (TPSA) is 86.8 Å². The second-order valence-corrected chi connectivity index (χ2v) is 8.37. The van der Waals surface area contributed by atoms with Crippen LogP contribution >= 0.6 is 0 Å². The molecule has 0 aliphatic carbocycles. The van der Waals surface area contributed by atoms with E-state index in [2.05, 4.69) is 4.72 Å². The van der Waals surface area contributed by atoms with Crippen molar-refractivity contribution in [3.05, 3.63) is 30.1 Å². The average Bonchev–Trinajstić information content (AvgIpc) is 2.34. The third-order valence-corrected chi connectivity index (χ3v) is 5.32. The first-order valence-corrected chi connectivity index (χ1v) is 9.23. The van der Waals surface area contributed by atoms with Gasteiger partial charge in [0.1, 0.15) is 5.82 Å². The van der Waals surface area contributed by atoms with E-state index in [0.717, 1.165) is 27.0 Å². The van der Waals surface area contributed by atoms with Crippen molar-refractivity contribution in [2.75, 3.05) is 37.7 Å². The minimum atomic E-state index is -3.63. The molecule has 1 N–H and O–H groups in total. The number of anilines is 1. The summed E-state index contributed by atoms with van der Waals surface area (Å²) in [5, 5.41) is 0. The van der Waals surface area contributed by atoms with Crippen LogP contribution in [0.1, 0.15) is 0 Å². The van der Waals surface area contributed by atoms with E-state index in [0.29, 0.717) is 0 Å². The molecule has 1 rings (SSSR count). The summed E-state index contributed by atoms with van der Waals surface area (Å²) in [6.07, 6.45) is 0.997. The zero-order chi connectivity index (χ0) is 16.3. The quantitative estimate of drug-likeness (QED) is 0.757. The SMILES string of the molecule is CN(C)S(=O)(=O)NCCN(c1ccc(F)cc1)S(C)(=O)=O. The molecule has 0 aliphatic rings. The number of sulfonamides is 1. The normalized spacial score (nSPS) is 12.6. The number of nitrogens with zero attached hydrogens (tertiary/aromatic N) is 2. The first kappa shape index (κ1) is 17.8. The molecule has 120 valence electrons. The number of rotatable bonds is 7. The maximum absolute atomic E-state index is 12.9. The van der Waals surface area contributed by atoms with E-state index in [1.165, 1.54) is 26.2 Å². The number of halogens is 1. The molecular formula is C11H18FN3O4S2. The summed E-state index contributed by atoms with van der Waals surface area (Å²) in [5.74, 6) is -0.486. The average molecular weight is 339 g/mol. The zero-order valence-electron chi connectivity index (χ0n) is 11.9. The summed E-state index contributed by atoms with van der Waals surface area (Å²) < 4.78 is 63.7. The Morgan fingerprint density at radius 1 is 1.10 bits per heavy atom. The van der Waals surface area contributed by atoms with E-state index in [9.17, 15) is 21.2 Å². The van der Waals surface area contributed by atoms with Gasteiger partial charge in [0.05, 0.1) is 11.9 Å². The molecule has 10 heteroatoms. The Kier molecular flexibility index (Phi) is 5.68. The summed E-state index contributed by atoms with van der Waals surface area (Å²) in [6.45, 7) is -0.206. The molecule has 0 aliphatic heterocycles. The van der Waals surface area contributed by atoms with Crippen LogP contribution in [0.15, 0.2) is 24.3 Å². The lowest BCUT2D eigenvalue weighted by Crippen LogP contribution is -2.42. The lowest BCUT2D eigenvalue weighted by Gasteiger charge is -2.23. The van der Waals surface area contributed by atoms with E-state index in [4.69, 9.17) is 0 Å². The van der Waals surface area contributed by atoms with Crippen LogP contribution in [0.5, 0.6) is 0 Å². The predicted octanol–water partition coefficient (Wildman–Crippen LogP) is -0.0123. The number of hydrogen-bond acceptors (Lipinski definition) is 4. The Labute approximate surface area is 124 Å². The maximum Gasteiger partial charge on any atom is 0.278 e. The van der Waals surface area contributed by atoms with Crippen molar-refractivity contribution in [3.8, 4) is 0 Å². The van der Waals surface area contributed by atoms with Crippen LogP contribution in [0.2, 0.25) is 0 Å². The molecule has 0 atom stereocenters. The van der Waals surface area contributed by atoms with Gasteiger partial charge in [-0.05, 0) is 24.3 Å². The summed E-state index contributed by atoms with van der Waals surface area (Å²) in [5.41, 5.74) is 0.267. The van der Waals surface area contributed by atoms with Crippen molar-refractivity contribution >= 4 is 25.9 Å². The minimum absolute atomic E-state index is 0.0997. The summed E-state index contributed by atoms with van der Waals surface area (Å²) in [4.78, 5) is 0. The smallest absolute Gasteiger partial charge is 0.269 e. The highest BCUT2D eigenvalue weighted by Gasteiger charge is 2.19. The lowest BCUT2D eigenvalue weighted by atomic mass is 10.3. The highest BCUT2D eigenvalue weighted by Crippen LogP contribution is 2.17. The molecule has 0 spiro atoms. The van der Waals surface area contributed by atoms with Gasteiger partial charge in [-0.2, -0.15) is 12.7 Å². The van der Waals surface area contributed by atoms with Gasteiger partial charge in [-0.1, -0.05) is 0 Å². The van der Waals surface area contributed by atoms with E-state index in [-0.39, 0.29) is 18.8 Å². The Balaban J connectivity index is 2.85. The van der Waals surface area contributed by atoms with Gasteiger partial charge < -0.3 is 0 Å². The molecular weight excluding hydrogens is 321 g/mol. The van der Waals surface area contributed by atoms with E-state index in [1.807, 2.05) is 0 Å². The fraction of sp³-hybridized carbons (Fsp3) is 0.455. The zero-order valence-corrected chi connectivity index (χ0v) is 13.6. The van der Waals surface area contributed by atoms with Crippen molar-refractivity contribution < 1.29 is 21.2 Å². The predicted molar refractivity (Wildman–Crippen MR) is 79.2 cm³/mol. The number of benzene rings is 1. The van der Waals surface area contributed by atoms with Crippen LogP contribution in [0.4, 0.5) is 10.1 Å². The Bertz CT molecular complexity index is 672. The monoisotopic (exact) mass is 339 g/mol. The molecule has 0 fully saturated rings. The maximum atomic E-state index is 12.9. The van der Waals surface area contributed by atoms with Crippen LogP contribution in [0, 0.1) is 5.82 Å². The van der Waals surface area contributed by atoms with Crippen LogP contribution in [-0.2, 0) is 20.2 Å². The Hall–Kier alpha value is -1.23. The Morgan fingerprint density at radius 3 is 2.05 bits per heavy atom. The number of hydrogen-bond donors (Lipinski definition) is 1. The van der Waals surface area contributed by atoms with Crippen LogP contribution in [0.3, 0.4) is 0 Å². The fourth-order valence-corrected chi connectivity index (χ4v) is 3.03. The van der Waals surface area contributed by atoms with Gasteiger partial charge in [0.2, 0.25) is 10.0 Å². The van der Waals surface area contributed by atoms with Crippen LogP contribution in [0.25, 0.3) is 0 Å². The van der Waals surface area contributed by atoms with Crippen LogP contribution < -0.4 is 9.03 Å². The molecule has 21 heavy (non-hydrogen) atoms. The molecule has 0 saturated carbocycles. The lowest BCUT2D eigenvalue weighted by molar-refractivity contribution is 0.506. The highest BCUT2D eigenvalue weighted by molar-refractivity contribution is 7.92. The standard InChI is InChI=1S/C11H18FN3O4S2/c1-14(2)21(18,19)13-8-9-15(20(3,16)17)11-6-4-10(12)5-7-11/h4-7,13H,8-9H2,1-3H3. The van der Waals surface area contributed by atoms with Crippen molar-refractivity contribution in [1.29, 1.82) is 0 Å². The third-order valence-electron chi connectivity index (χ3n) is 2.60. The summed E-state index contributed by atoms with van der Waals surface area (Å²) >= 11 is 0. The molecule has 0 radical (unpaired) electrons. The van der Waals surface area contributed by atoms with Crippen LogP contribution in [-0.4, -0.2) is 54.6 Å². The molecule has 1 aromatic rings. The fourth-order valence-electron chi connectivity index (χ4n) is 1.50. The van der Waals surface area contributed by atoms with Gasteiger partial charge in [-0.25, -0.2) is 17.5 Å². The van der Waals surface area contributed by atoms with Crippen molar-refractivity contribution in [2.45, 2.75) is 0 Å². The van der Waals surface area contributed by atoms with Gasteiger partial charge in [0, 0.05) is 27.2 Å². The largest absolute Gasteiger partial charge is 0.278 e. The van der Waals surface area contributed by atoms with E-state index in [1.54, 1.807) is 0 Å². The molecule has 0 saturated heterocycles. The third kappa shape index (κ3) is 5.23. The van der Waals surface area contributed by atoms with Crippen molar-refractivity contribution in [3.63, 3.8) is 0 Å². The molecule has 1 aromatic carbocycles. The number of nitrogens with one attached hydrogen (secondary N) is 1. The molecule has 0 amide bonds. The summed E-state index contributed by atoms with van der Waals surface area (Å²) in [7, 11) is -4.52. The molecule has 0 aromatic heterocycles. The van der Waals surface area contributed by atoms with Gasteiger partial charge in [-0.3, -0.25) is 4.31 Å². The van der Waals surface area contributed by atoms with Gasteiger partial charge >= 0.3 is 0 Å². The molecule has 0 heterocycles. The van der Waals surface area contributed by atoms with Gasteiger partial charge in [-0.15, -0.1) is 0 Å². The first-order chi connectivity index (χ1) is 9.54. The minimum Gasteiger partial charge on any atom is -0.269 e. The Morgan fingerprint density at radius 2 is 1.62 bits per heavy atom. The van der Waals surface area contributed by atoms with E-state index >= 15 is 0 Å². The van der Waals surface area contributed by atoms with Gasteiger partial charge in [0.15, 0.2) is 0 Å².